The van der Waals surface area contributed by atoms with Gasteiger partial charge in [-0.15, -0.1) is 11.3 Å². The third kappa shape index (κ3) is 3.25. The molecule has 0 radical (unpaired) electrons. The molecule has 6 heteroatoms. The molecule has 0 fully saturated rings. The number of carbonyl (C=O) groups excluding carboxylic acids is 1. The van der Waals surface area contributed by atoms with Crippen LogP contribution in [-0.4, -0.2) is 15.9 Å². The number of nitrogens with two attached hydrogens (primary N) is 1. The average Bonchev–Trinajstić information content (AvgIpc) is 2.67. The second-order valence-electron chi connectivity index (χ2n) is 3.60. The summed E-state index contributed by atoms with van der Waals surface area (Å²) in [5.41, 5.74) is 7.68. The van der Waals surface area contributed by atoms with Gasteiger partial charge in [0.1, 0.15) is 0 Å². The van der Waals surface area contributed by atoms with Crippen molar-refractivity contribution in [2.75, 3.05) is 11.1 Å². The Morgan fingerprint density at radius 1 is 1.53 bits per heavy atom. The van der Waals surface area contributed by atoms with Crippen LogP contribution in [0.25, 0.3) is 0 Å². The quantitative estimate of drug-likeness (QED) is 0.864. The Hall–Kier alpha value is -1.95. The van der Waals surface area contributed by atoms with E-state index in [-0.39, 0.29) is 12.3 Å². The second kappa shape index (κ2) is 4.92. The maximum Gasteiger partial charge on any atom is 0.232 e. The summed E-state index contributed by atoms with van der Waals surface area (Å²) in [7, 11) is 0. The third-order valence-corrected chi connectivity index (χ3v) is 2.93. The zero-order chi connectivity index (χ0) is 12.3. The maximum atomic E-state index is 11.7. The van der Waals surface area contributed by atoms with Gasteiger partial charge in [-0.2, -0.15) is 0 Å². The van der Waals surface area contributed by atoms with Crippen LogP contribution in [0.3, 0.4) is 0 Å². The van der Waals surface area contributed by atoms with Crippen molar-refractivity contribution in [1.29, 1.82) is 0 Å². The largest absolute Gasteiger partial charge is 0.397 e. The summed E-state index contributed by atoms with van der Waals surface area (Å²) >= 11 is 1.41. The molecule has 0 aromatic carbocycles. The molecule has 0 bridgehead atoms. The highest BCUT2D eigenvalue weighted by atomic mass is 32.1. The minimum Gasteiger partial charge on any atom is -0.397 e. The van der Waals surface area contributed by atoms with E-state index in [4.69, 9.17) is 5.73 Å². The number of nitrogens with one attached hydrogen (secondary N) is 1. The Kier molecular flexibility index (Phi) is 3.34. The molecule has 0 unspecified atom stereocenters. The van der Waals surface area contributed by atoms with Crippen molar-refractivity contribution in [2.45, 2.75) is 13.3 Å². The van der Waals surface area contributed by atoms with Gasteiger partial charge in [0, 0.05) is 11.1 Å². The van der Waals surface area contributed by atoms with Crippen molar-refractivity contribution >= 4 is 28.1 Å². The van der Waals surface area contributed by atoms with Crippen molar-refractivity contribution in [3.63, 3.8) is 0 Å². The predicted octanol–water partition coefficient (Wildman–Crippen LogP) is 1.61. The van der Waals surface area contributed by atoms with Gasteiger partial charge in [-0.05, 0) is 19.1 Å². The summed E-state index contributed by atoms with van der Waals surface area (Å²) < 4.78 is 0. The highest BCUT2D eigenvalue weighted by Gasteiger charge is 2.07. The van der Waals surface area contributed by atoms with E-state index in [2.05, 4.69) is 15.3 Å². The van der Waals surface area contributed by atoms with E-state index < -0.39 is 0 Å². The molecule has 1 amide bonds. The van der Waals surface area contributed by atoms with Crippen molar-refractivity contribution < 1.29 is 4.79 Å². The van der Waals surface area contributed by atoms with Gasteiger partial charge in [0.05, 0.1) is 24.0 Å². The molecule has 2 heterocycles. The highest BCUT2D eigenvalue weighted by molar-refractivity contribution is 7.13. The van der Waals surface area contributed by atoms with Crippen molar-refractivity contribution in [3.8, 4) is 0 Å². The molecule has 0 atom stereocenters. The topological polar surface area (TPSA) is 80.9 Å². The number of pyridine rings is 1. The Labute approximate surface area is 103 Å². The van der Waals surface area contributed by atoms with Gasteiger partial charge in [-0.25, -0.2) is 4.98 Å². The fraction of sp³-hybridized carbons (Fsp3) is 0.182. The van der Waals surface area contributed by atoms with Gasteiger partial charge in [0.2, 0.25) is 5.91 Å². The van der Waals surface area contributed by atoms with E-state index in [1.807, 2.05) is 12.3 Å². The van der Waals surface area contributed by atoms with Gasteiger partial charge in [0.15, 0.2) is 5.13 Å². The lowest BCUT2D eigenvalue weighted by molar-refractivity contribution is -0.115. The monoisotopic (exact) mass is 248 g/mol. The molecule has 3 N–H and O–H groups in total. The van der Waals surface area contributed by atoms with Crippen molar-refractivity contribution in [1.82, 2.24) is 9.97 Å². The molecule has 0 aliphatic rings. The molecule has 17 heavy (non-hydrogen) atoms. The first-order chi connectivity index (χ1) is 8.13. The number of aromatic nitrogens is 2. The molecule has 0 saturated heterocycles. The summed E-state index contributed by atoms with van der Waals surface area (Å²) in [5, 5.41) is 5.22. The van der Waals surface area contributed by atoms with E-state index >= 15 is 0 Å². The summed E-state index contributed by atoms with van der Waals surface area (Å²) in [6.07, 6.45) is 1.76. The molecule has 0 aliphatic heterocycles. The van der Waals surface area contributed by atoms with Crippen LogP contribution in [0.1, 0.15) is 11.4 Å². The van der Waals surface area contributed by atoms with Crippen LogP contribution >= 0.6 is 11.3 Å². The lowest BCUT2D eigenvalue weighted by Crippen LogP contribution is -2.15. The van der Waals surface area contributed by atoms with Crippen LogP contribution < -0.4 is 11.1 Å². The van der Waals surface area contributed by atoms with E-state index in [1.165, 1.54) is 17.5 Å². The number of hydrogen-bond acceptors (Lipinski definition) is 5. The standard InChI is InChI=1S/C11H12N4OS/c1-7-6-17-11(14-7)15-10(16)4-9-3-2-8(12)5-13-9/h2-3,5-6H,4,12H2,1H3,(H,14,15,16). The molecular weight excluding hydrogens is 236 g/mol. The van der Waals surface area contributed by atoms with Crippen LogP contribution in [0.4, 0.5) is 10.8 Å². The number of anilines is 2. The highest BCUT2D eigenvalue weighted by Crippen LogP contribution is 2.14. The minimum absolute atomic E-state index is 0.128. The van der Waals surface area contributed by atoms with Crippen LogP contribution in [0.5, 0.6) is 0 Å². The number of carbonyl (C=O) groups is 1. The zero-order valence-corrected chi connectivity index (χ0v) is 10.1. The first-order valence-electron chi connectivity index (χ1n) is 5.06. The SMILES string of the molecule is Cc1csc(NC(=O)Cc2ccc(N)cn2)n1. The van der Waals surface area contributed by atoms with Gasteiger partial charge >= 0.3 is 0 Å². The lowest BCUT2D eigenvalue weighted by Gasteiger charge is -2.01. The maximum absolute atomic E-state index is 11.7. The molecule has 0 aliphatic carbocycles. The van der Waals surface area contributed by atoms with Crippen LogP contribution in [0.15, 0.2) is 23.7 Å². The Morgan fingerprint density at radius 3 is 2.94 bits per heavy atom. The Morgan fingerprint density at radius 2 is 2.35 bits per heavy atom. The molecule has 2 aromatic heterocycles. The Bertz CT molecular complexity index is 521. The van der Waals surface area contributed by atoms with E-state index in [1.54, 1.807) is 12.1 Å². The molecule has 88 valence electrons. The number of nitrogens with zero attached hydrogens (tertiary/aromatic N) is 2. The van der Waals surface area contributed by atoms with E-state index in [9.17, 15) is 4.79 Å². The number of hydrogen-bond donors (Lipinski definition) is 2. The minimum atomic E-state index is -0.128. The summed E-state index contributed by atoms with van der Waals surface area (Å²) in [6.45, 7) is 1.88. The number of amides is 1. The first kappa shape index (κ1) is 11.5. The third-order valence-electron chi connectivity index (χ3n) is 2.05. The molecular formula is C11H12N4OS. The van der Waals surface area contributed by atoms with E-state index in [0.29, 0.717) is 16.5 Å². The average molecular weight is 248 g/mol. The molecule has 2 rings (SSSR count). The number of nitrogen functional groups attached to an aromatic ring is 1. The lowest BCUT2D eigenvalue weighted by atomic mass is 10.2. The number of aryl methyl sites for hydroxylation is 1. The molecule has 2 aromatic rings. The second-order valence-corrected chi connectivity index (χ2v) is 4.46. The summed E-state index contributed by atoms with van der Waals surface area (Å²) in [6, 6.07) is 3.46. The first-order valence-corrected chi connectivity index (χ1v) is 5.94. The van der Waals surface area contributed by atoms with Crippen LogP contribution in [0.2, 0.25) is 0 Å². The van der Waals surface area contributed by atoms with Crippen molar-refractivity contribution in [3.05, 3.63) is 35.1 Å². The summed E-state index contributed by atoms with van der Waals surface area (Å²) in [5.74, 6) is -0.128. The van der Waals surface area contributed by atoms with Gasteiger partial charge in [0.25, 0.3) is 0 Å². The normalized spacial score (nSPS) is 10.2. The van der Waals surface area contributed by atoms with Crippen LogP contribution in [0, 0.1) is 6.92 Å². The molecule has 0 saturated carbocycles. The van der Waals surface area contributed by atoms with Crippen LogP contribution in [-0.2, 0) is 11.2 Å². The summed E-state index contributed by atoms with van der Waals surface area (Å²) in [4.78, 5) is 19.9. The smallest absolute Gasteiger partial charge is 0.232 e. The van der Waals surface area contributed by atoms with E-state index in [0.717, 1.165) is 5.69 Å². The van der Waals surface area contributed by atoms with Crippen molar-refractivity contribution in [2.24, 2.45) is 0 Å². The predicted molar refractivity (Wildman–Crippen MR) is 67.8 cm³/mol. The molecule has 5 nitrogen and oxygen atoms in total. The number of thiazole rings is 1. The number of rotatable bonds is 3. The molecule has 0 spiro atoms. The van der Waals surface area contributed by atoms with Gasteiger partial charge < -0.3 is 11.1 Å². The van der Waals surface area contributed by atoms with Gasteiger partial charge in [-0.1, -0.05) is 0 Å². The fourth-order valence-electron chi connectivity index (χ4n) is 1.28. The fourth-order valence-corrected chi connectivity index (χ4v) is 1.98. The Balaban J connectivity index is 1.95. The zero-order valence-electron chi connectivity index (χ0n) is 9.30. The van der Waals surface area contributed by atoms with Gasteiger partial charge in [-0.3, -0.25) is 9.78 Å².